The average molecular weight is 517 g/mol. The van der Waals surface area contributed by atoms with Crippen LogP contribution in [0.5, 0.6) is 0 Å². The topological polar surface area (TPSA) is 92.1 Å². The van der Waals surface area contributed by atoms with Crippen LogP contribution in [0.1, 0.15) is 36.4 Å². The molecule has 35 heavy (non-hydrogen) atoms. The molecular formula is C23H22F2N6O2S2. The van der Waals surface area contributed by atoms with Crippen molar-refractivity contribution in [2.45, 2.75) is 32.1 Å². The first-order chi connectivity index (χ1) is 16.8. The number of carbonyl (C=O) groups excluding carboxylic acids is 1. The molecular weight excluding hydrogens is 494 g/mol. The number of aromatic nitrogens is 2. The van der Waals surface area contributed by atoms with Crippen LogP contribution in [0.15, 0.2) is 58.8 Å². The van der Waals surface area contributed by atoms with Crippen LogP contribution in [0.2, 0.25) is 0 Å². The smallest absolute Gasteiger partial charge is 0.230 e. The van der Waals surface area contributed by atoms with Gasteiger partial charge in [-0.2, -0.15) is 5.10 Å². The molecule has 1 atom stereocenters. The number of rotatable bonds is 7. The Kier molecular flexibility index (Phi) is 7.41. The second-order valence-corrected chi connectivity index (χ2v) is 10.1. The number of aryl methyl sites for hydroxylation is 1. The second kappa shape index (κ2) is 10.5. The summed E-state index contributed by atoms with van der Waals surface area (Å²) in [5, 5.41) is 22.8. The first-order valence-electron chi connectivity index (χ1n) is 10.6. The third-order valence-electron chi connectivity index (χ3n) is 4.97. The van der Waals surface area contributed by atoms with E-state index in [9.17, 15) is 13.6 Å². The second-order valence-electron chi connectivity index (χ2n) is 7.64. The Labute approximate surface area is 209 Å². The molecule has 0 fully saturated rings. The van der Waals surface area contributed by atoms with Crippen LogP contribution in [0.25, 0.3) is 0 Å². The highest BCUT2D eigenvalue weighted by Crippen LogP contribution is 2.52. The number of nitrogens with zero attached hydrogens (tertiary/aromatic N) is 5. The number of benzene rings is 2. The average Bonchev–Trinajstić information content (AvgIpc) is 3.43. The molecule has 1 N–H and O–H groups in total. The zero-order valence-electron chi connectivity index (χ0n) is 19.2. The van der Waals surface area contributed by atoms with Crippen LogP contribution in [0, 0.1) is 18.6 Å². The summed E-state index contributed by atoms with van der Waals surface area (Å²) in [4.78, 5) is 15.8. The minimum Gasteiger partial charge on any atom is -0.394 e. The van der Waals surface area contributed by atoms with Crippen LogP contribution >= 0.6 is 23.1 Å². The standard InChI is InChI=1S/C23H22F2N6O2S2/c1-14(26-15(2)32)30-33-12-11-23(17-7-5-4-6-8-17)31(22-28-27-16(3)34-22)29-21(35-23)19-13-18(24)9-10-20(19)25/h4-10,13H,11-12H2,1-3H3,(H,26,30,32). The molecule has 0 radical (unpaired) electrons. The molecule has 0 aliphatic carbocycles. The predicted octanol–water partition coefficient (Wildman–Crippen LogP) is 4.77. The van der Waals surface area contributed by atoms with E-state index in [0.29, 0.717) is 22.4 Å². The first kappa shape index (κ1) is 24.7. The van der Waals surface area contributed by atoms with Gasteiger partial charge in [-0.05, 0) is 37.6 Å². The molecule has 0 saturated carbocycles. The number of hydrazone groups is 1. The fourth-order valence-corrected chi connectivity index (χ4v) is 5.65. The summed E-state index contributed by atoms with van der Waals surface area (Å²) in [7, 11) is 0. The molecule has 2 aromatic carbocycles. The van der Waals surface area contributed by atoms with Gasteiger partial charge in [0.25, 0.3) is 0 Å². The van der Waals surface area contributed by atoms with Crippen molar-refractivity contribution in [3.8, 4) is 0 Å². The van der Waals surface area contributed by atoms with E-state index in [1.165, 1.54) is 30.0 Å². The molecule has 4 rings (SSSR count). The normalized spacial score (nSPS) is 17.9. The summed E-state index contributed by atoms with van der Waals surface area (Å²) in [6, 6.07) is 12.8. The van der Waals surface area contributed by atoms with Gasteiger partial charge in [0.2, 0.25) is 11.0 Å². The van der Waals surface area contributed by atoms with Gasteiger partial charge in [-0.3, -0.25) is 4.79 Å². The molecule has 1 aliphatic rings. The molecule has 0 spiro atoms. The van der Waals surface area contributed by atoms with E-state index >= 15 is 0 Å². The molecule has 8 nitrogen and oxygen atoms in total. The van der Waals surface area contributed by atoms with Gasteiger partial charge in [0.05, 0.1) is 0 Å². The van der Waals surface area contributed by atoms with Crippen LogP contribution in [0.3, 0.4) is 0 Å². The lowest BCUT2D eigenvalue weighted by Crippen LogP contribution is -2.38. The number of carbonyl (C=O) groups is 1. The number of amidine groups is 1. The SMILES string of the molecule is CC(=O)NC(C)=NOCCC1(c2ccccc2)SC(c2cc(F)ccc2F)=NN1c1nnc(C)s1. The molecule has 1 aromatic heterocycles. The Morgan fingerprint density at radius 3 is 2.63 bits per heavy atom. The summed E-state index contributed by atoms with van der Waals surface area (Å²) in [6.45, 7) is 4.96. The van der Waals surface area contributed by atoms with Gasteiger partial charge in [0.15, 0.2) is 0 Å². The highest BCUT2D eigenvalue weighted by Gasteiger charge is 2.48. The number of hydrogen-bond donors (Lipinski definition) is 1. The monoisotopic (exact) mass is 516 g/mol. The van der Waals surface area contributed by atoms with E-state index in [1.54, 1.807) is 11.9 Å². The quantitative estimate of drug-likeness (QED) is 0.211. The third kappa shape index (κ3) is 5.49. The number of oxime groups is 1. The Morgan fingerprint density at radius 2 is 1.94 bits per heavy atom. The fourth-order valence-electron chi connectivity index (χ4n) is 3.52. The van der Waals surface area contributed by atoms with Gasteiger partial charge in [-0.15, -0.1) is 10.2 Å². The molecule has 1 unspecified atom stereocenters. The maximum absolute atomic E-state index is 14.7. The zero-order chi connectivity index (χ0) is 25.0. The van der Waals surface area contributed by atoms with Gasteiger partial charge in [-0.1, -0.05) is 58.6 Å². The number of halogens is 2. The largest absolute Gasteiger partial charge is 0.394 e. The summed E-state index contributed by atoms with van der Waals surface area (Å²) in [5.41, 5.74) is 0.916. The maximum atomic E-state index is 14.7. The highest BCUT2D eigenvalue weighted by molar-refractivity contribution is 8.15. The van der Waals surface area contributed by atoms with Crippen molar-refractivity contribution in [3.05, 3.63) is 76.3 Å². The predicted molar refractivity (Wildman–Crippen MR) is 133 cm³/mol. The van der Waals surface area contributed by atoms with E-state index in [4.69, 9.17) is 9.94 Å². The molecule has 182 valence electrons. The summed E-state index contributed by atoms with van der Waals surface area (Å²) >= 11 is 2.62. The third-order valence-corrected chi connectivity index (χ3v) is 7.23. The van der Waals surface area contributed by atoms with Gasteiger partial charge in [0.1, 0.15) is 39.0 Å². The highest BCUT2D eigenvalue weighted by atomic mass is 32.2. The fraction of sp³-hybridized carbons (Fsp3) is 0.261. The number of amides is 1. The van der Waals surface area contributed by atoms with E-state index in [1.807, 2.05) is 37.3 Å². The van der Waals surface area contributed by atoms with Crippen molar-refractivity contribution in [2.75, 3.05) is 11.6 Å². The van der Waals surface area contributed by atoms with Crippen LogP contribution in [-0.2, 0) is 14.5 Å². The lowest BCUT2D eigenvalue weighted by molar-refractivity contribution is -0.117. The van der Waals surface area contributed by atoms with E-state index in [0.717, 1.165) is 28.8 Å². The lowest BCUT2D eigenvalue weighted by Gasteiger charge is -2.35. The van der Waals surface area contributed by atoms with Gasteiger partial charge in [-0.25, -0.2) is 13.8 Å². The zero-order valence-corrected chi connectivity index (χ0v) is 20.8. The summed E-state index contributed by atoms with van der Waals surface area (Å²) in [6.07, 6.45) is 0.348. The number of thioether (sulfide) groups is 1. The Hall–Kier alpha value is -3.38. The Balaban J connectivity index is 1.74. The maximum Gasteiger partial charge on any atom is 0.230 e. The molecule has 3 aromatic rings. The van der Waals surface area contributed by atoms with Crippen molar-refractivity contribution in [1.29, 1.82) is 0 Å². The van der Waals surface area contributed by atoms with Gasteiger partial charge >= 0.3 is 0 Å². The van der Waals surface area contributed by atoms with Crippen LogP contribution in [-0.4, -0.2) is 33.6 Å². The van der Waals surface area contributed by atoms with Crippen molar-refractivity contribution < 1.29 is 18.4 Å². The Morgan fingerprint density at radius 1 is 1.17 bits per heavy atom. The molecule has 1 aliphatic heterocycles. The molecule has 2 heterocycles. The summed E-state index contributed by atoms with van der Waals surface area (Å²) < 4.78 is 28.8. The van der Waals surface area contributed by atoms with Crippen molar-refractivity contribution in [1.82, 2.24) is 15.5 Å². The van der Waals surface area contributed by atoms with E-state index in [2.05, 4.69) is 20.7 Å². The Bertz CT molecular complexity index is 1280. The number of anilines is 1. The number of nitrogens with one attached hydrogen (secondary N) is 1. The van der Waals surface area contributed by atoms with Crippen molar-refractivity contribution >= 4 is 45.0 Å². The van der Waals surface area contributed by atoms with Crippen LogP contribution < -0.4 is 10.3 Å². The van der Waals surface area contributed by atoms with Crippen molar-refractivity contribution in [2.24, 2.45) is 10.3 Å². The molecule has 0 bridgehead atoms. The van der Waals surface area contributed by atoms with Crippen molar-refractivity contribution in [3.63, 3.8) is 0 Å². The minimum absolute atomic E-state index is 0.0551. The molecule has 0 saturated heterocycles. The van der Waals surface area contributed by atoms with Crippen LogP contribution in [0.4, 0.5) is 13.9 Å². The first-order valence-corrected chi connectivity index (χ1v) is 12.2. The molecule has 12 heteroatoms. The summed E-state index contributed by atoms with van der Waals surface area (Å²) in [5.74, 6) is -1.08. The van der Waals surface area contributed by atoms with E-state index < -0.39 is 16.5 Å². The van der Waals surface area contributed by atoms with Gasteiger partial charge < -0.3 is 10.2 Å². The minimum atomic E-state index is -0.904. The number of hydrogen-bond acceptors (Lipinski definition) is 9. The van der Waals surface area contributed by atoms with Gasteiger partial charge in [0, 0.05) is 18.9 Å². The van der Waals surface area contributed by atoms with E-state index in [-0.39, 0.29) is 18.1 Å². The molecule has 1 amide bonds. The lowest BCUT2D eigenvalue weighted by atomic mass is 10.0.